The number of alkyl carbamates (subject to hydrolysis) is 1. The highest BCUT2D eigenvalue weighted by atomic mass is 16.5. The van der Waals surface area contributed by atoms with E-state index >= 15 is 0 Å². The van der Waals surface area contributed by atoms with Crippen LogP contribution in [-0.4, -0.2) is 42.3 Å². The Bertz CT molecular complexity index is 1080. The van der Waals surface area contributed by atoms with Gasteiger partial charge in [-0.2, -0.15) is 0 Å². The van der Waals surface area contributed by atoms with Crippen LogP contribution >= 0.6 is 0 Å². The monoisotopic (exact) mass is 478 g/mol. The van der Waals surface area contributed by atoms with Crippen molar-refractivity contribution in [2.75, 3.05) is 13.2 Å². The van der Waals surface area contributed by atoms with Crippen LogP contribution in [0.25, 0.3) is 11.1 Å². The highest BCUT2D eigenvalue weighted by molar-refractivity contribution is 5.84. The van der Waals surface area contributed by atoms with Gasteiger partial charge in [-0.15, -0.1) is 0 Å². The van der Waals surface area contributed by atoms with Crippen molar-refractivity contribution in [1.82, 2.24) is 10.6 Å². The zero-order valence-electron chi connectivity index (χ0n) is 20.7. The molecule has 1 unspecified atom stereocenters. The number of hydrogen-bond acceptors (Lipinski definition) is 4. The van der Waals surface area contributed by atoms with E-state index in [9.17, 15) is 14.4 Å². The number of aliphatic carboxylic acids is 1. The first-order valence-corrected chi connectivity index (χ1v) is 12.2. The number of carbonyl (C=O) groups is 3. The molecule has 7 nitrogen and oxygen atoms in total. The molecular formula is C28H34N2O5. The average Bonchev–Trinajstić information content (AvgIpc) is 3.55. The molecular weight excluding hydrogens is 444 g/mol. The smallest absolute Gasteiger partial charge is 0.407 e. The van der Waals surface area contributed by atoms with Gasteiger partial charge < -0.3 is 20.5 Å². The van der Waals surface area contributed by atoms with Crippen LogP contribution in [0.15, 0.2) is 48.5 Å². The molecule has 4 rings (SSSR count). The molecule has 0 radical (unpaired) electrons. The first kappa shape index (κ1) is 24.8. The Morgan fingerprint density at radius 2 is 1.60 bits per heavy atom. The third-order valence-electron chi connectivity index (χ3n) is 7.41. The minimum absolute atomic E-state index is 0.0241. The summed E-state index contributed by atoms with van der Waals surface area (Å²) in [5.74, 6) is -1.50. The van der Waals surface area contributed by atoms with E-state index in [4.69, 9.17) is 9.84 Å². The number of ether oxygens (including phenoxy) is 1. The van der Waals surface area contributed by atoms with Crippen LogP contribution < -0.4 is 10.6 Å². The molecule has 3 N–H and O–H groups in total. The number of nitrogens with one attached hydrogen (secondary N) is 2. The quantitative estimate of drug-likeness (QED) is 0.495. The van der Waals surface area contributed by atoms with Crippen molar-refractivity contribution in [3.05, 3.63) is 59.7 Å². The summed E-state index contributed by atoms with van der Waals surface area (Å²) in [5, 5.41) is 14.9. The van der Waals surface area contributed by atoms with Crippen LogP contribution in [0, 0.1) is 23.2 Å². The first-order chi connectivity index (χ1) is 16.6. The second-order valence-electron chi connectivity index (χ2n) is 10.6. The van der Waals surface area contributed by atoms with Crippen LogP contribution in [0.2, 0.25) is 0 Å². The van der Waals surface area contributed by atoms with Crippen molar-refractivity contribution in [1.29, 1.82) is 0 Å². The van der Waals surface area contributed by atoms with Crippen LogP contribution in [-0.2, 0) is 14.3 Å². The molecule has 0 heterocycles. The summed E-state index contributed by atoms with van der Waals surface area (Å²) in [4.78, 5) is 36.9. The lowest BCUT2D eigenvalue weighted by molar-refractivity contribution is -0.139. The molecule has 0 aromatic heterocycles. The van der Waals surface area contributed by atoms with Gasteiger partial charge in [0.2, 0.25) is 5.91 Å². The summed E-state index contributed by atoms with van der Waals surface area (Å²) in [5.41, 5.74) is 3.70. The van der Waals surface area contributed by atoms with E-state index in [-0.39, 0.29) is 36.2 Å². The van der Waals surface area contributed by atoms with Crippen LogP contribution in [0.1, 0.15) is 51.2 Å². The number of carboxylic acid groups (broad SMARTS) is 1. The van der Waals surface area contributed by atoms with Gasteiger partial charge in [0.1, 0.15) is 6.61 Å². The summed E-state index contributed by atoms with van der Waals surface area (Å²) in [7, 11) is 0. The molecule has 2 aliphatic rings. The van der Waals surface area contributed by atoms with Crippen molar-refractivity contribution in [3.8, 4) is 11.1 Å². The van der Waals surface area contributed by atoms with Crippen LogP contribution in [0.3, 0.4) is 0 Å². The van der Waals surface area contributed by atoms with Crippen molar-refractivity contribution in [2.45, 2.75) is 46.1 Å². The van der Waals surface area contributed by atoms with E-state index in [2.05, 4.69) is 34.9 Å². The number of carbonyl (C=O) groups excluding carboxylic acids is 2. The summed E-state index contributed by atoms with van der Waals surface area (Å²) in [6.45, 7) is 8.01. The number of rotatable bonds is 9. The summed E-state index contributed by atoms with van der Waals surface area (Å²) in [6.07, 6.45) is 0.0290. The Morgan fingerprint density at radius 1 is 1.03 bits per heavy atom. The standard InChI is InChI=1S/C28H34N2O5/c1-16(2)24(28(3,4)26(33)29-14-17-13-22(17)25(31)32)30-27(34)35-15-23-20-11-7-5-9-18(20)19-10-6-8-12-21(19)23/h5-12,16-17,22-24H,13-15H2,1-4H3,(H,29,33)(H,30,34)(H,31,32)/t17-,22-,24?/m0/s1. The van der Waals surface area contributed by atoms with Crippen LogP contribution in [0.4, 0.5) is 4.79 Å². The summed E-state index contributed by atoms with van der Waals surface area (Å²) in [6, 6.07) is 15.9. The maximum Gasteiger partial charge on any atom is 0.407 e. The number of fused-ring (bicyclic) bond motifs is 3. The Kier molecular flexibility index (Phi) is 6.88. The maximum atomic E-state index is 13.0. The molecule has 0 saturated heterocycles. The Hall–Kier alpha value is -3.35. The Labute approximate surface area is 206 Å². The summed E-state index contributed by atoms with van der Waals surface area (Å²) < 4.78 is 5.70. The fourth-order valence-electron chi connectivity index (χ4n) is 5.32. The van der Waals surface area contributed by atoms with E-state index < -0.39 is 23.5 Å². The van der Waals surface area contributed by atoms with Crippen molar-refractivity contribution in [2.24, 2.45) is 23.2 Å². The largest absolute Gasteiger partial charge is 0.481 e. The van der Waals surface area contributed by atoms with Gasteiger partial charge in [-0.3, -0.25) is 9.59 Å². The molecule has 35 heavy (non-hydrogen) atoms. The predicted octanol–water partition coefficient (Wildman–Crippen LogP) is 4.41. The van der Waals surface area contributed by atoms with Gasteiger partial charge in [-0.1, -0.05) is 62.4 Å². The van der Waals surface area contributed by atoms with E-state index in [1.165, 1.54) is 0 Å². The van der Waals surface area contributed by atoms with Gasteiger partial charge in [0, 0.05) is 18.5 Å². The lowest BCUT2D eigenvalue weighted by Gasteiger charge is -2.36. The van der Waals surface area contributed by atoms with Gasteiger partial charge in [-0.05, 0) is 54.4 Å². The Balaban J connectivity index is 1.38. The van der Waals surface area contributed by atoms with Gasteiger partial charge in [0.25, 0.3) is 0 Å². The Morgan fingerprint density at radius 3 is 2.11 bits per heavy atom. The number of amides is 2. The van der Waals surface area contributed by atoms with E-state index in [0.717, 1.165) is 22.3 Å². The minimum Gasteiger partial charge on any atom is -0.481 e. The predicted molar refractivity (Wildman–Crippen MR) is 133 cm³/mol. The van der Waals surface area contributed by atoms with Gasteiger partial charge >= 0.3 is 12.1 Å². The molecule has 2 aliphatic carbocycles. The molecule has 3 atom stereocenters. The van der Waals surface area contributed by atoms with Crippen molar-refractivity contribution in [3.63, 3.8) is 0 Å². The highest BCUT2D eigenvalue weighted by Crippen LogP contribution is 2.44. The fourth-order valence-corrected chi connectivity index (χ4v) is 5.32. The molecule has 1 saturated carbocycles. The van der Waals surface area contributed by atoms with E-state index in [1.807, 2.05) is 38.1 Å². The second kappa shape index (κ2) is 9.72. The molecule has 2 aromatic carbocycles. The van der Waals surface area contributed by atoms with Crippen LogP contribution in [0.5, 0.6) is 0 Å². The maximum absolute atomic E-state index is 13.0. The third kappa shape index (κ3) is 5.04. The number of carboxylic acids is 1. The molecule has 186 valence electrons. The number of hydrogen-bond donors (Lipinski definition) is 3. The lowest BCUT2D eigenvalue weighted by atomic mass is 9.77. The second-order valence-corrected chi connectivity index (χ2v) is 10.6. The molecule has 1 fully saturated rings. The SMILES string of the molecule is CC(C)C(NC(=O)OCC1c2ccccc2-c2ccccc21)C(C)(C)C(=O)NC[C@@H]1C[C@@H]1C(=O)O. The van der Waals surface area contributed by atoms with Gasteiger partial charge in [0.05, 0.1) is 11.3 Å². The van der Waals surface area contributed by atoms with E-state index in [0.29, 0.717) is 13.0 Å². The normalized spacial score (nSPS) is 19.5. The lowest BCUT2D eigenvalue weighted by Crippen LogP contribution is -2.55. The molecule has 0 aliphatic heterocycles. The number of benzene rings is 2. The molecule has 7 heteroatoms. The van der Waals surface area contributed by atoms with Crippen molar-refractivity contribution < 1.29 is 24.2 Å². The summed E-state index contributed by atoms with van der Waals surface area (Å²) >= 11 is 0. The highest BCUT2D eigenvalue weighted by Gasteiger charge is 2.45. The third-order valence-corrected chi connectivity index (χ3v) is 7.41. The molecule has 0 spiro atoms. The van der Waals surface area contributed by atoms with E-state index in [1.54, 1.807) is 13.8 Å². The first-order valence-electron chi connectivity index (χ1n) is 12.2. The van der Waals surface area contributed by atoms with Gasteiger partial charge in [-0.25, -0.2) is 4.79 Å². The zero-order valence-corrected chi connectivity index (χ0v) is 20.7. The van der Waals surface area contributed by atoms with Crippen molar-refractivity contribution >= 4 is 18.0 Å². The molecule has 2 aromatic rings. The topological polar surface area (TPSA) is 105 Å². The minimum atomic E-state index is -0.909. The average molecular weight is 479 g/mol. The van der Waals surface area contributed by atoms with Gasteiger partial charge in [0.15, 0.2) is 0 Å². The zero-order chi connectivity index (χ0) is 25.3. The molecule has 2 amide bonds. The molecule has 0 bridgehead atoms. The fraction of sp³-hybridized carbons (Fsp3) is 0.464.